The topological polar surface area (TPSA) is 47.8 Å². The number of aryl methyl sites for hydroxylation is 1. The van der Waals surface area contributed by atoms with E-state index in [0.29, 0.717) is 10.7 Å². The molecule has 0 atom stereocenters. The Morgan fingerprint density at radius 3 is 2.65 bits per heavy atom. The Morgan fingerprint density at radius 2 is 2.06 bits per heavy atom. The molecule has 17 heavy (non-hydrogen) atoms. The van der Waals surface area contributed by atoms with Crippen molar-refractivity contribution in [3.05, 3.63) is 40.2 Å². The Hall–Kier alpha value is -1.68. The molecule has 0 radical (unpaired) electrons. The monoisotopic (exact) mass is 249 g/mol. The molecule has 0 N–H and O–H groups in total. The average molecular weight is 250 g/mol. The zero-order valence-corrected chi connectivity index (χ0v) is 10.6. The van der Waals surface area contributed by atoms with Crippen molar-refractivity contribution in [2.45, 2.75) is 20.8 Å². The van der Waals surface area contributed by atoms with Gasteiger partial charge in [-0.05, 0) is 31.5 Å². The first-order chi connectivity index (χ1) is 8.00. The largest absolute Gasteiger partial charge is 0.293 e. The van der Waals surface area contributed by atoms with Gasteiger partial charge in [0.25, 0.3) is 0 Å². The molecule has 88 valence electrons. The van der Waals surface area contributed by atoms with Crippen molar-refractivity contribution in [2.24, 2.45) is 0 Å². The first kappa shape index (κ1) is 11.8. The van der Waals surface area contributed by atoms with Crippen LogP contribution in [0.3, 0.4) is 0 Å². The van der Waals surface area contributed by atoms with Gasteiger partial charge in [-0.15, -0.1) is 5.10 Å². The van der Waals surface area contributed by atoms with E-state index in [4.69, 9.17) is 11.6 Å². The first-order valence-corrected chi connectivity index (χ1v) is 5.58. The quantitative estimate of drug-likeness (QED) is 0.769. The maximum Gasteiger partial charge on any atom is 0.181 e. The van der Waals surface area contributed by atoms with Gasteiger partial charge in [0.15, 0.2) is 11.5 Å². The number of ketones is 1. The normalized spacial score (nSPS) is 10.6. The lowest BCUT2D eigenvalue weighted by Gasteiger charge is -2.07. The van der Waals surface area contributed by atoms with Crippen LogP contribution in [0, 0.1) is 13.8 Å². The van der Waals surface area contributed by atoms with Crippen molar-refractivity contribution in [1.82, 2.24) is 15.0 Å². The summed E-state index contributed by atoms with van der Waals surface area (Å²) in [5.74, 6) is -0.0894. The number of Topliss-reactive ketones (excluding diaryl/α,β-unsaturated/α-hetero) is 1. The van der Waals surface area contributed by atoms with Crippen LogP contribution < -0.4 is 0 Å². The third-order valence-electron chi connectivity index (χ3n) is 2.63. The Bertz CT molecular complexity index is 589. The van der Waals surface area contributed by atoms with Crippen LogP contribution in [0.2, 0.25) is 5.02 Å². The van der Waals surface area contributed by atoms with Gasteiger partial charge in [-0.1, -0.05) is 22.9 Å². The van der Waals surface area contributed by atoms with Gasteiger partial charge >= 0.3 is 0 Å². The van der Waals surface area contributed by atoms with Crippen molar-refractivity contribution in [3.8, 4) is 5.69 Å². The molecule has 0 spiro atoms. The lowest BCUT2D eigenvalue weighted by atomic mass is 10.2. The third-order valence-corrected chi connectivity index (χ3v) is 2.86. The van der Waals surface area contributed by atoms with E-state index in [2.05, 4.69) is 10.3 Å². The number of hydrogen-bond acceptors (Lipinski definition) is 3. The molecule has 2 rings (SSSR count). The molecule has 5 heteroatoms. The van der Waals surface area contributed by atoms with Gasteiger partial charge < -0.3 is 0 Å². The summed E-state index contributed by atoms with van der Waals surface area (Å²) in [4.78, 5) is 11.3. The second kappa shape index (κ2) is 4.30. The summed E-state index contributed by atoms with van der Waals surface area (Å²) in [6.45, 7) is 5.25. The van der Waals surface area contributed by atoms with E-state index in [1.165, 1.54) is 6.92 Å². The van der Waals surface area contributed by atoms with Crippen molar-refractivity contribution in [2.75, 3.05) is 0 Å². The number of halogens is 1. The minimum absolute atomic E-state index is 0.0894. The third kappa shape index (κ3) is 2.08. The molecule has 0 aliphatic rings. The Kier molecular flexibility index (Phi) is 2.98. The SMILES string of the molecule is CC(=O)c1nnn(-c2cc(Cl)ccc2C)c1C. The molecule has 0 saturated carbocycles. The molecule has 0 amide bonds. The number of benzene rings is 1. The van der Waals surface area contributed by atoms with Gasteiger partial charge in [-0.25, -0.2) is 4.68 Å². The highest BCUT2D eigenvalue weighted by atomic mass is 35.5. The lowest BCUT2D eigenvalue weighted by Crippen LogP contribution is -2.03. The van der Waals surface area contributed by atoms with Crippen molar-refractivity contribution in [1.29, 1.82) is 0 Å². The molecule has 0 aliphatic carbocycles. The predicted octanol–water partition coefficient (Wildman–Crippen LogP) is 2.74. The van der Waals surface area contributed by atoms with Gasteiger partial charge in [-0.3, -0.25) is 4.79 Å². The Morgan fingerprint density at radius 1 is 1.35 bits per heavy atom. The zero-order valence-electron chi connectivity index (χ0n) is 9.86. The van der Waals surface area contributed by atoms with E-state index < -0.39 is 0 Å². The van der Waals surface area contributed by atoms with Gasteiger partial charge in [0.05, 0.1) is 11.4 Å². The van der Waals surface area contributed by atoms with Crippen LogP contribution in [0.5, 0.6) is 0 Å². The maximum atomic E-state index is 11.3. The predicted molar refractivity (Wildman–Crippen MR) is 65.8 cm³/mol. The minimum atomic E-state index is -0.0894. The van der Waals surface area contributed by atoms with Crippen molar-refractivity contribution in [3.63, 3.8) is 0 Å². The number of nitrogens with zero attached hydrogens (tertiary/aromatic N) is 3. The van der Waals surface area contributed by atoms with E-state index in [0.717, 1.165) is 16.9 Å². The van der Waals surface area contributed by atoms with Gasteiger partial charge in [-0.2, -0.15) is 0 Å². The van der Waals surface area contributed by atoms with Gasteiger partial charge in [0.1, 0.15) is 0 Å². The average Bonchev–Trinajstić information content (AvgIpc) is 2.64. The van der Waals surface area contributed by atoms with Crippen LogP contribution in [0.4, 0.5) is 0 Å². The molecule has 2 aromatic rings. The summed E-state index contributed by atoms with van der Waals surface area (Å²) >= 11 is 5.96. The van der Waals surface area contributed by atoms with E-state index >= 15 is 0 Å². The molecule has 0 bridgehead atoms. The number of carbonyl (C=O) groups is 1. The van der Waals surface area contributed by atoms with Crippen molar-refractivity contribution >= 4 is 17.4 Å². The smallest absolute Gasteiger partial charge is 0.181 e. The van der Waals surface area contributed by atoms with Crippen LogP contribution >= 0.6 is 11.6 Å². The fraction of sp³-hybridized carbons (Fsp3) is 0.250. The van der Waals surface area contributed by atoms with Crippen LogP contribution in [-0.2, 0) is 0 Å². The number of rotatable bonds is 2. The number of carbonyl (C=O) groups excluding carboxylic acids is 1. The Labute approximate surface area is 104 Å². The highest BCUT2D eigenvalue weighted by Crippen LogP contribution is 2.20. The lowest BCUT2D eigenvalue weighted by molar-refractivity contribution is 0.101. The first-order valence-electron chi connectivity index (χ1n) is 5.20. The fourth-order valence-electron chi connectivity index (χ4n) is 1.69. The molecule has 1 aromatic heterocycles. The minimum Gasteiger partial charge on any atom is -0.293 e. The zero-order chi connectivity index (χ0) is 12.6. The molecule has 1 heterocycles. The molecule has 0 fully saturated rings. The summed E-state index contributed by atoms with van der Waals surface area (Å²) in [5.41, 5.74) is 2.99. The maximum absolute atomic E-state index is 11.3. The van der Waals surface area contributed by atoms with Crippen LogP contribution in [0.25, 0.3) is 5.69 Å². The van der Waals surface area contributed by atoms with E-state index in [1.54, 1.807) is 4.68 Å². The van der Waals surface area contributed by atoms with Crippen molar-refractivity contribution < 1.29 is 4.79 Å². The van der Waals surface area contributed by atoms with Crippen LogP contribution in [0.1, 0.15) is 28.7 Å². The van der Waals surface area contributed by atoms with E-state index in [1.807, 2.05) is 32.0 Å². The summed E-state index contributed by atoms with van der Waals surface area (Å²) in [6, 6.07) is 5.53. The second-order valence-corrected chi connectivity index (χ2v) is 4.36. The Balaban J connectivity index is 2.61. The van der Waals surface area contributed by atoms with Crippen LogP contribution in [0.15, 0.2) is 18.2 Å². The number of hydrogen-bond donors (Lipinski definition) is 0. The summed E-state index contributed by atoms with van der Waals surface area (Å²) in [5, 5.41) is 8.51. The van der Waals surface area contributed by atoms with E-state index in [-0.39, 0.29) is 5.78 Å². The highest BCUT2D eigenvalue weighted by Gasteiger charge is 2.14. The molecule has 0 unspecified atom stereocenters. The number of aromatic nitrogens is 3. The van der Waals surface area contributed by atoms with Gasteiger partial charge in [0, 0.05) is 11.9 Å². The molecule has 0 saturated heterocycles. The van der Waals surface area contributed by atoms with Crippen LogP contribution in [-0.4, -0.2) is 20.8 Å². The molecular weight excluding hydrogens is 238 g/mol. The molecule has 0 aliphatic heterocycles. The molecular formula is C12H12ClN3O. The standard InChI is InChI=1S/C12H12ClN3O/c1-7-4-5-10(13)6-11(7)16-8(2)12(9(3)17)14-15-16/h4-6H,1-3H3. The molecule has 4 nitrogen and oxygen atoms in total. The van der Waals surface area contributed by atoms with Gasteiger partial charge in [0.2, 0.25) is 0 Å². The second-order valence-electron chi connectivity index (χ2n) is 3.92. The molecule has 1 aromatic carbocycles. The fourth-order valence-corrected chi connectivity index (χ4v) is 1.86. The highest BCUT2D eigenvalue weighted by molar-refractivity contribution is 6.30. The summed E-state index contributed by atoms with van der Waals surface area (Å²) < 4.78 is 1.64. The summed E-state index contributed by atoms with van der Waals surface area (Å²) in [7, 11) is 0. The van der Waals surface area contributed by atoms with E-state index in [9.17, 15) is 4.79 Å². The summed E-state index contributed by atoms with van der Waals surface area (Å²) in [6.07, 6.45) is 0.